The summed E-state index contributed by atoms with van der Waals surface area (Å²) in [5, 5.41) is 0. The monoisotopic (exact) mass is 391 g/mol. The average molecular weight is 391 g/mol. The molecule has 1 aliphatic rings. The molecule has 0 N–H and O–H groups in total. The van der Waals surface area contributed by atoms with Gasteiger partial charge in [-0.1, -0.05) is 37.0 Å². The molecule has 1 saturated carbocycles. The first-order chi connectivity index (χ1) is 12.0. The minimum absolute atomic E-state index is 0. The molecule has 0 atom stereocenters. The maximum Gasteiger partial charge on any atom is 0.258 e. The van der Waals surface area contributed by atoms with E-state index in [1.165, 1.54) is 23.5 Å². The number of carbonyl (C=O) groups excluding carboxylic acids is 1. The van der Waals surface area contributed by atoms with Crippen molar-refractivity contribution in [2.45, 2.75) is 39.0 Å². The van der Waals surface area contributed by atoms with Crippen LogP contribution >= 0.6 is 0 Å². The van der Waals surface area contributed by atoms with Crippen LogP contribution in [0.15, 0.2) is 42.5 Å². The Morgan fingerprint density at radius 1 is 1.04 bits per heavy atom. The molecule has 3 rings (SSSR count). The van der Waals surface area contributed by atoms with Crippen LogP contribution < -0.4 is 4.90 Å². The maximum atomic E-state index is 14.4. The molecule has 0 aliphatic heterocycles. The van der Waals surface area contributed by atoms with Crippen LogP contribution in [0.2, 0.25) is 0 Å². The van der Waals surface area contributed by atoms with Gasteiger partial charge in [-0.3, -0.25) is 4.79 Å². The molecule has 0 bridgehead atoms. The molecule has 0 radical (unpaired) electrons. The van der Waals surface area contributed by atoms with Gasteiger partial charge in [0.2, 0.25) is 0 Å². The third-order valence-corrected chi connectivity index (χ3v) is 4.91. The summed E-state index contributed by atoms with van der Waals surface area (Å²) >= 11 is 0. The number of halogens is 2. The predicted octanol–water partition coefficient (Wildman–Crippen LogP) is 5.50. The molecular weight excluding hydrogens is 368 g/mol. The fourth-order valence-corrected chi connectivity index (χ4v) is 3.47. The van der Waals surface area contributed by atoms with Crippen molar-refractivity contribution in [3.63, 3.8) is 0 Å². The summed E-state index contributed by atoms with van der Waals surface area (Å²) < 4.78 is 27.7. The van der Waals surface area contributed by atoms with E-state index in [0.29, 0.717) is 18.0 Å². The molecule has 1 fully saturated rings. The minimum atomic E-state index is -0.698. The maximum absolute atomic E-state index is 14.4. The summed E-state index contributed by atoms with van der Waals surface area (Å²) in [4.78, 5) is 14.5. The first kappa shape index (κ1) is 20.8. The zero-order chi connectivity index (χ0) is 17.8. The topological polar surface area (TPSA) is 20.3 Å². The molecule has 2 aromatic rings. The van der Waals surface area contributed by atoms with Crippen LogP contribution in [-0.2, 0) is 21.7 Å². The second-order valence-corrected chi connectivity index (χ2v) is 6.88. The quantitative estimate of drug-likeness (QED) is 0.631. The van der Waals surface area contributed by atoms with Gasteiger partial charge < -0.3 is 4.90 Å². The van der Waals surface area contributed by atoms with Gasteiger partial charge >= 0.3 is 0 Å². The second-order valence-electron chi connectivity index (χ2n) is 6.88. The Hall–Kier alpha value is -1.52. The fraction of sp³-hybridized carbons (Fsp3) is 0.381. The van der Waals surface area contributed by atoms with Crippen LogP contribution in [0.1, 0.15) is 48.0 Å². The van der Waals surface area contributed by atoms with Crippen LogP contribution in [0.25, 0.3) is 0 Å². The number of carbonyl (C=O) groups is 1. The van der Waals surface area contributed by atoms with Gasteiger partial charge in [-0.15, -0.1) is 0 Å². The van der Waals surface area contributed by atoms with Crippen molar-refractivity contribution in [3.05, 3.63) is 65.2 Å². The minimum Gasteiger partial charge on any atom is -0.305 e. The molecule has 0 unspecified atom stereocenters. The van der Waals surface area contributed by atoms with Crippen LogP contribution in [0, 0.1) is 24.5 Å². The third kappa shape index (κ3) is 5.02. The number of hydrogen-bond acceptors (Lipinski definition) is 1. The Balaban J connectivity index is 0.00000243. The SMILES string of the molecule is Cc1ccc(C(=O)N(CC2CCCCC2)c2ccc(F)cc2F)cc1.[Ti]. The predicted molar refractivity (Wildman–Crippen MR) is 95.8 cm³/mol. The molecule has 2 aromatic carbocycles. The molecule has 26 heavy (non-hydrogen) atoms. The summed E-state index contributed by atoms with van der Waals surface area (Å²) in [6, 6.07) is 10.7. The summed E-state index contributed by atoms with van der Waals surface area (Å²) in [7, 11) is 0. The van der Waals surface area contributed by atoms with Crippen LogP contribution in [0.3, 0.4) is 0 Å². The van der Waals surface area contributed by atoms with E-state index in [2.05, 4.69) is 0 Å². The molecule has 0 spiro atoms. The Morgan fingerprint density at radius 2 is 1.69 bits per heavy atom. The van der Waals surface area contributed by atoms with E-state index in [9.17, 15) is 13.6 Å². The number of benzene rings is 2. The van der Waals surface area contributed by atoms with E-state index in [-0.39, 0.29) is 33.3 Å². The first-order valence-corrected chi connectivity index (χ1v) is 8.88. The molecule has 0 heterocycles. The molecule has 0 saturated heterocycles. The van der Waals surface area contributed by atoms with Crippen LogP contribution in [0.5, 0.6) is 0 Å². The normalized spacial score (nSPS) is 14.6. The van der Waals surface area contributed by atoms with Gasteiger partial charge in [0.25, 0.3) is 5.91 Å². The van der Waals surface area contributed by atoms with Gasteiger partial charge in [0, 0.05) is 39.9 Å². The van der Waals surface area contributed by atoms with Crippen molar-refractivity contribution in [3.8, 4) is 0 Å². The van der Waals surface area contributed by atoms with Crippen molar-refractivity contribution < 1.29 is 35.3 Å². The fourth-order valence-electron chi connectivity index (χ4n) is 3.47. The second kappa shape index (κ2) is 9.43. The largest absolute Gasteiger partial charge is 0.305 e. The standard InChI is InChI=1S/C21H23F2NO.Ti/c1-15-7-9-17(10-8-15)21(25)24(14-16-5-3-2-4-6-16)20-12-11-18(22)13-19(20)23;/h7-13,16H,2-6,14H2,1H3;. The van der Waals surface area contributed by atoms with E-state index in [4.69, 9.17) is 0 Å². The number of amides is 1. The van der Waals surface area contributed by atoms with E-state index in [1.54, 1.807) is 12.1 Å². The zero-order valence-electron chi connectivity index (χ0n) is 15.0. The summed E-state index contributed by atoms with van der Waals surface area (Å²) in [5.41, 5.74) is 1.73. The molecule has 0 aromatic heterocycles. The van der Waals surface area contributed by atoms with Crippen molar-refractivity contribution in [1.29, 1.82) is 0 Å². The van der Waals surface area contributed by atoms with Crippen LogP contribution in [-0.4, -0.2) is 12.5 Å². The van der Waals surface area contributed by atoms with E-state index >= 15 is 0 Å². The summed E-state index contributed by atoms with van der Waals surface area (Å²) in [5.74, 6) is -1.22. The van der Waals surface area contributed by atoms with Gasteiger partial charge in [-0.25, -0.2) is 8.78 Å². The third-order valence-electron chi connectivity index (χ3n) is 4.91. The Bertz CT molecular complexity index is 742. The number of rotatable bonds is 4. The van der Waals surface area contributed by atoms with Gasteiger partial charge in [-0.2, -0.15) is 0 Å². The van der Waals surface area contributed by atoms with Gasteiger partial charge in [0.15, 0.2) is 0 Å². The summed E-state index contributed by atoms with van der Waals surface area (Å²) in [6.45, 7) is 2.42. The Morgan fingerprint density at radius 3 is 2.31 bits per heavy atom. The first-order valence-electron chi connectivity index (χ1n) is 8.88. The average Bonchev–Trinajstić information content (AvgIpc) is 2.61. The number of aryl methyl sites for hydroxylation is 1. The summed E-state index contributed by atoms with van der Waals surface area (Å²) in [6.07, 6.45) is 5.58. The van der Waals surface area contributed by atoms with Crippen molar-refractivity contribution >= 4 is 11.6 Å². The number of anilines is 1. The molecule has 136 valence electrons. The molecular formula is C21H23F2NOTi. The van der Waals surface area contributed by atoms with E-state index in [1.807, 2.05) is 19.1 Å². The van der Waals surface area contributed by atoms with Gasteiger partial charge in [0.1, 0.15) is 11.6 Å². The number of hydrogen-bond donors (Lipinski definition) is 0. The van der Waals surface area contributed by atoms with Crippen molar-refractivity contribution in [2.75, 3.05) is 11.4 Å². The molecule has 5 heteroatoms. The Kier molecular flexibility index (Phi) is 7.54. The van der Waals surface area contributed by atoms with E-state index < -0.39 is 11.6 Å². The van der Waals surface area contributed by atoms with Crippen LogP contribution in [0.4, 0.5) is 14.5 Å². The molecule has 1 aliphatic carbocycles. The van der Waals surface area contributed by atoms with Gasteiger partial charge in [0.05, 0.1) is 5.69 Å². The van der Waals surface area contributed by atoms with E-state index in [0.717, 1.165) is 37.3 Å². The molecule has 2 nitrogen and oxygen atoms in total. The number of nitrogens with zero attached hydrogens (tertiary/aromatic N) is 1. The smallest absolute Gasteiger partial charge is 0.258 e. The molecule has 1 amide bonds. The van der Waals surface area contributed by atoms with Gasteiger partial charge in [-0.05, 0) is 49.9 Å². The van der Waals surface area contributed by atoms with Crippen molar-refractivity contribution in [1.82, 2.24) is 0 Å². The Labute approximate surface area is 168 Å². The zero-order valence-corrected chi connectivity index (χ0v) is 16.5. The van der Waals surface area contributed by atoms with Crippen molar-refractivity contribution in [2.24, 2.45) is 5.92 Å².